The summed E-state index contributed by atoms with van der Waals surface area (Å²) in [6.07, 6.45) is 0.590. The van der Waals surface area contributed by atoms with E-state index < -0.39 is 11.9 Å². The van der Waals surface area contributed by atoms with Crippen LogP contribution in [0, 0.1) is 0 Å². The molecule has 0 saturated heterocycles. The molecule has 0 heterocycles. The first-order valence-electron chi connectivity index (χ1n) is 5.39. The Hall–Kier alpha value is -1.10. The molecule has 0 radical (unpaired) electrons. The highest BCUT2D eigenvalue weighted by molar-refractivity contribution is 5.76. The summed E-state index contributed by atoms with van der Waals surface area (Å²) in [7, 11) is 0. The van der Waals surface area contributed by atoms with Crippen LogP contribution in [0.25, 0.3) is 0 Å². The Morgan fingerprint density at radius 2 is 1.81 bits per heavy atom. The molecule has 0 saturated carbocycles. The van der Waals surface area contributed by atoms with Gasteiger partial charge in [-0.25, -0.2) is 0 Å². The van der Waals surface area contributed by atoms with Gasteiger partial charge in [-0.1, -0.05) is 6.92 Å². The number of ether oxygens (including phenoxy) is 2. The molecule has 0 aliphatic heterocycles. The van der Waals surface area contributed by atoms with Crippen molar-refractivity contribution in [1.29, 1.82) is 0 Å². The highest BCUT2D eigenvalue weighted by Crippen LogP contribution is 2.12. The summed E-state index contributed by atoms with van der Waals surface area (Å²) in [5, 5.41) is 8.34. The third-order valence-electron chi connectivity index (χ3n) is 2.23. The molecular weight excluding hydrogens is 212 g/mol. The molecule has 0 spiro atoms. The Bertz CT molecular complexity index is 235. The molecule has 0 unspecified atom stereocenters. The van der Waals surface area contributed by atoms with Gasteiger partial charge >= 0.3 is 11.9 Å². The molecule has 0 aliphatic carbocycles. The van der Waals surface area contributed by atoms with Crippen molar-refractivity contribution in [2.75, 3.05) is 13.2 Å². The smallest absolute Gasteiger partial charge is 0.306 e. The largest absolute Gasteiger partial charge is 0.481 e. The third-order valence-corrected chi connectivity index (χ3v) is 2.23. The number of esters is 1. The number of carboxylic acid groups (broad SMARTS) is 1. The zero-order valence-electron chi connectivity index (χ0n) is 10.1. The monoisotopic (exact) mass is 232 g/mol. The van der Waals surface area contributed by atoms with Crippen LogP contribution in [0.15, 0.2) is 0 Å². The van der Waals surface area contributed by atoms with Crippen LogP contribution in [-0.4, -0.2) is 35.9 Å². The van der Waals surface area contributed by atoms with Crippen molar-refractivity contribution in [3.63, 3.8) is 0 Å². The fraction of sp³-hybridized carbons (Fsp3) is 0.818. The van der Waals surface area contributed by atoms with Gasteiger partial charge in [0.2, 0.25) is 0 Å². The molecular formula is C11H20O5. The van der Waals surface area contributed by atoms with Crippen molar-refractivity contribution in [3.05, 3.63) is 0 Å². The normalized spacial score (nSPS) is 11.2. The van der Waals surface area contributed by atoms with Crippen LogP contribution in [0.4, 0.5) is 0 Å². The van der Waals surface area contributed by atoms with E-state index in [1.165, 1.54) is 0 Å². The molecule has 0 amide bonds. The van der Waals surface area contributed by atoms with Crippen LogP contribution < -0.4 is 0 Å². The lowest BCUT2D eigenvalue weighted by atomic mass is 10.1. The first-order valence-corrected chi connectivity index (χ1v) is 5.39. The Morgan fingerprint density at radius 1 is 1.19 bits per heavy atom. The van der Waals surface area contributed by atoms with Gasteiger partial charge in [0, 0.05) is 0 Å². The topological polar surface area (TPSA) is 72.8 Å². The van der Waals surface area contributed by atoms with E-state index in [0.717, 1.165) is 6.42 Å². The summed E-state index contributed by atoms with van der Waals surface area (Å²) in [4.78, 5) is 21.2. The van der Waals surface area contributed by atoms with E-state index in [1.807, 2.05) is 20.8 Å². The average Bonchev–Trinajstić information content (AvgIpc) is 2.21. The van der Waals surface area contributed by atoms with E-state index in [9.17, 15) is 9.59 Å². The predicted molar refractivity (Wildman–Crippen MR) is 58.2 cm³/mol. The fourth-order valence-corrected chi connectivity index (χ4v) is 0.857. The maximum absolute atomic E-state index is 11.0. The standard InChI is InChI=1S/C11H20O5/c1-4-11(2,3)16-8-7-15-10(14)6-5-9(12)13/h4-8H2,1-3H3,(H,12,13). The van der Waals surface area contributed by atoms with Gasteiger partial charge in [0.25, 0.3) is 0 Å². The molecule has 0 aliphatic rings. The Labute approximate surface area is 95.7 Å². The number of carbonyl (C=O) groups is 2. The summed E-state index contributed by atoms with van der Waals surface area (Å²) >= 11 is 0. The molecule has 0 aromatic heterocycles. The van der Waals surface area contributed by atoms with E-state index in [-0.39, 0.29) is 25.0 Å². The SMILES string of the molecule is CCC(C)(C)OCCOC(=O)CCC(=O)O. The molecule has 0 rings (SSSR count). The second kappa shape index (κ2) is 7.22. The molecule has 0 aromatic carbocycles. The molecule has 94 valence electrons. The van der Waals surface area contributed by atoms with Crippen molar-refractivity contribution in [3.8, 4) is 0 Å². The number of aliphatic carboxylic acids is 1. The van der Waals surface area contributed by atoms with Gasteiger partial charge in [0.1, 0.15) is 6.61 Å². The van der Waals surface area contributed by atoms with Gasteiger partial charge in [0.15, 0.2) is 0 Å². The van der Waals surface area contributed by atoms with Crippen molar-refractivity contribution < 1.29 is 24.2 Å². The fourth-order valence-electron chi connectivity index (χ4n) is 0.857. The van der Waals surface area contributed by atoms with Crippen molar-refractivity contribution in [2.24, 2.45) is 0 Å². The number of hydrogen-bond donors (Lipinski definition) is 1. The van der Waals surface area contributed by atoms with Gasteiger partial charge in [0.05, 0.1) is 25.0 Å². The first kappa shape index (κ1) is 14.9. The number of hydrogen-bond acceptors (Lipinski definition) is 4. The van der Waals surface area contributed by atoms with Crippen LogP contribution >= 0.6 is 0 Å². The predicted octanol–water partition coefficient (Wildman–Crippen LogP) is 1.60. The second-order valence-corrected chi connectivity index (χ2v) is 4.08. The van der Waals surface area contributed by atoms with E-state index >= 15 is 0 Å². The van der Waals surface area contributed by atoms with Crippen LogP contribution in [0.5, 0.6) is 0 Å². The summed E-state index contributed by atoms with van der Waals surface area (Å²) < 4.78 is 10.3. The Balaban J connectivity index is 3.52. The minimum Gasteiger partial charge on any atom is -0.481 e. The quantitative estimate of drug-likeness (QED) is 0.508. The molecule has 5 nitrogen and oxygen atoms in total. The zero-order chi connectivity index (χ0) is 12.6. The van der Waals surface area contributed by atoms with E-state index in [2.05, 4.69) is 0 Å². The summed E-state index contributed by atoms with van der Waals surface area (Å²) in [5.41, 5.74) is -0.215. The lowest BCUT2D eigenvalue weighted by Crippen LogP contribution is -2.25. The van der Waals surface area contributed by atoms with E-state index in [0.29, 0.717) is 6.61 Å². The van der Waals surface area contributed by atoms with Gasteiger partial charge in [-0.05, 0) is 20.3 Å². The third kappa shape index (κ3) is 8.23. The lowest BCUT2D eigenvalue weighted by Gasteiger charge is -2.23. The number of carboxylic acids is 1. The molecule has 1 N–H and O–H groups in total. The molecule has 0 atom stereocenters. The van der Waals surface area contributed by atoms with Gasteiger partial charge < -0.3 is 14.6 Å². The maximum atomic E-state index is 11.0. The first-order chi connectivity index (χ1) is 7.37. The second-order valence-electron chi connectivity index (χ2n) is 4.08. The summed E-state index contributed by atoms with van der Waals surface area (Å²) in [6.45, 7) is 6.43. The van der Waals surface area contributed by atoms with E-state index in [1.54, 1.807) is 0 Å². The lowest BCUT2D eigenvalue weighted by molar-refractivity contribution is -0.150. The van der Waals surface area contributed by atoms with Gasteiger partial charge in [-0.15, -0.1) is 0 Å². The Kier molecular flexibility index (Phi) is 6.72. The molecule has 0 fully saturated rings. The van der Waals surface area contributed by atoms with Crippen molar-refractivity contribution >= 4 is 11.9 Å². The summed E-state index contributed by atoms with van der Waals surface area (Å²) in [6, 6.07) is 0. The van der Waals surface area contributed by atoms with Crippen molar-refractivity contribution in [2.45, 2.75) is 45.6 Å². The van der Waals surface area contributed by atoms with Crippen molar-refractivity contribution in [1.82, 2.24) is 0 Å². The molecule has 16 heavy (non-hydrogen) atoms. The molecule has 0 bridgehead atoms. The number of carbonyl (C=O) groups excluding carboxylic acids is 1. The molecule has 0 aromatic rings. The van der Waals surface area contributed by atoms with Gasteiger partial charge in [-0.2, -0.15) is 0 Å². The zero-order valence-corrected chi connectivity index (χ0v) is 10.1. The number of rotatable bonds is 8. The van der Waals surface area contributed by atoms with Gasteiger partial charge in [-0.3, -0.25) is 9.59 Å². The van der Waals surface area contributed by atoms with E-state index in [4.69, 9.17) is 14.6 Å². The minimum absolute atomic E-state index is 0.0908. The van der Waals surface area contributed by atoms with Crippen LogP contribution in [-0.2, 0) is 19.1 Å². The van der Waals surface area contributed by atoms with Crippen LogP contribution in [0.1, 0.15) is 40.0 Å². The highest BCUT2D eigenvalue weighted by atomic mass is 16.6. The molecule has 5 heteroatoms. The van der Waals surface area contributed by atoms with Crippen LogP contribution in [0.2, 0.25) is 0 Å². The Morgan fingerprint density at radius 3 is 2.31 bits per heavy atom. The summed E-state index contributed by atoms with van der Waals surface area (Å²) in [5.74, 6) is -1.50. The maximum Gasteiger partial charge on any atom is 0.306 e. The highest BCUT2D eigenvalue weighted by Gasteiger charge is 2.15. The van der Waals surface area contributed by atoms with Crippen LogP contribution in [0.3, 0.4) is 0 Å². The average molecular weight is 232 g/mol. The minimum atomic E-state index is -1.000.